The topological polar surface area (TPSA) is 61.4 Å². The number of rotatable bonds is 6. The molecule has 0 saturated heterocycles. The van der Waals surface area contributed by atoms with Crippen LogP contribution < -0.4 is 10.6 Å². The van der Waals surface area contributed by atoms with Gasteiger partial charge in [0.2, 0.25) is 5.91 Å². The smallest absolute Gasteiger partial charge is 0.233 e. The Kier molecular flexibility index (Phi) is 6.70. The Hall–Kier alpha value is -0.610. The van der Waals surface area contributed by atoms with Gasteiger partial charge in [0.25, 0.3) is 0 Å². The first-order valence-corrected chi connectivity index (χ1v) is 4.30. The third-order valence-corrected chi connectivity index (χ3v) is 1.61. The number of aliphatic hydroxyl groups is 1. The van der Waals surface area contributed by atoms with Gasteiger partial charge >= 0.3 is 0 Å². The van der Waals surface area contributed by atoms with Gasteiger partial charge < -0.3 is 15.7 Å². The first-order chi connectivity index (χ1) is 5.70. The minimum absolute atomic E-state index is 0.0270. The third kappa shape index (κ3) is 6.12. The minimum atomic E-state index is -0.292. The van der Waals surface area contributed by atoms with Gasteiger partial charge in [-0.05, 0) is 19.9 Å². The van der Waals surface area contributed by atoms with Crippen molar-refractivity contribution in [3.05, 3.63) is 0 Å². The van der Waals surface area contributed by atoms with Crippen molar-refractivity contribution < 1.29 is 9.90 Å². The van der Waals surface area contributed by atoms with Crippen LogP contribution in [-0.2, 0) is 4.79 Å². The van der Waals surface area contributed by atoms with Crippen LogP contribution in [0.1, 0.15) is 19.8 Å². The maximum absolute atomic E-state index is 10.9. The maximum atomic E-state index is 10.9. The molecule has 0 radical (unpaired) electrons. The number of hydrogen-bond acceptors (Lipinski definition) is 3. The van der Waals surface area contributed by atoms with Crippen LogP contribution in [-0.4, -0.2) is 37.3 Å². The summed E-state index contributed by atoms with van der Waals surface area (Å²) in [6, 6.07) is 0. The molecule has 0 fully saturated rings. The Labute approximate surface area is 73.3 Å². The summed E-state index contributed by atoms with van der Waals surface area (Å²) in [5.74, 6) is -0.0270. The zero-order chi connectivity index (χ0) is 9.40. The van der Waals surface area contributed by atoms with Gasteiger partial charge in [-0.3, -0.25) is 4.79 Å². The molecule has 0 heterocycles. The monoisotopic (exact) mass is 174 g/mol. The molecule has 0 spiro atoms. The van der Waals surface area contributed by atoms with Gasteiger partial charge in [-0.15, -0.1) is 0 Å². The normalized spacial score (nSPS) is 12.6. The fraction of sp³-hybridized carbons (Fsp3) is 0.875. The zero-order valence-electron chi connectivity index (χ0n) is 7.76. The molecule has 4 heteroatoms. The third-order valence-electron chi connectivity index (χ3n) is 1.61. The summed E-state index contributed by atoms with van der Waals surface area (Å²) in [7, 11) is 1.72. The molecule has 1 atom stereocenters. The summed E-state index contributed by atoms with van der Waals surface area (Å²) in [6.07, 6.45) is 1.08. The predicted octanol–water partition coefficient (Wildman–Crippen LogP) is -0.517. The first kappa shape index (κ1) is 11.4. The van der Waals surface area contributed by atoms with Gasteiger partial charge in [-0.2, -0.15) is 0 Å². The van der Waals surface area contributed by atoms with Gasteiger partial charge in [-0.25, -0.2) is 0 Å². The standard InChI is InChI=1S/C8H18N2O2/c1-3-7(11)4-5-10-8(12)6-9-2/h7,9,11H,3-6H2,1-2H3,(H,10,12). The van der Waals surface area contributed by atoms with Gasteiger partial charge in [0, 0.05) is 6.54 Å². The molecule has 0 rings (SSSR count). The lowest BCUT2D eigenvalue weighted by Crippen LogP contribution is -2.33. The summed E-state index contributed by atoms with van der Waals surface area (Å²) >= 11 is 0. The van der Waals surface area contributed by atoms with Crippen LogP contribution >= 0.6 is 0 Å². The Morgan fingerprint density at radius 3 is 2.75 bits per heavy atom. The fourth-order valence-corrected chi connectivity index (χ4v) is 0.805. The van der Waals surface area contributed by atoms with Gasteiger partial charge in [0.15, 0.2) is 0 Å². The van der Waals surface area contributed by atoms with Crippen molar-refractivity contribution in [3.8, 4) is 0 Å². The maximum Gasteiger partial charge on any atom is 0.233 e. The zero-order valence-corrected chi connectivity index (χ0v) is 7.76. The number of aliphatic hydroxyl groups excluding tert-OH is 1. The van der Waals surface area contributed by atoms with Crippen LogP contribution in [0, 0.1) is 0 Å². The molecule has 72 valence electrons. The first-order valence-electron chi connectivity index (χ1n) is 4.30. The second kappa shape index (κ2) is 7.06. The lowest BCUT2D eigenvalue weighted by atomic mass is 10.2. The number of likely N-dealkylation sites (N-methyl/N-ethyl adjacent to an activating group) is 1. The Balaban J connectivity index is 3.24. The predicted molar refractivity (Wildman–Crippen MR) is 47.9 cm³/mol. The average molecular weight is 174 g/mol. The van der Waals surface area contributed by atoms with E-state index in [0.717, 1.165) is 6.42 Å². The molecule has 0 aromatic carbocycles. The minimum Gasteiger partial charge on any atom is -0.393 e. The van der Waals surface area contributed by atoms with E-state index < -0.39 is 0 Å². The molecular formula is C8H18N2O2. The summed E-state index contributed by atoms with van der Waals surface area (Å²) in [5, 5.41) is 14.6. The number of carbonyl (C=O) groups is 1. The number of amides is 1. The van der Waals surface area contributed by atoms with Crippen molar-refractivity contribution in [1.82, 2.24) is 10.6 Å². The molecule has 4 nitrogen and oxygen atoms in total. The van der Waals surface area contributed by atoms with Crippen molar-refractivity contribution in [1.29, 1.82) is 0 Å². The second-order valence-corrected chi connectivity index (χ2v) is 2.73. The summed E-state index contributed by atoms with van der Waals surface area (Å²) < 4.78 is 0. The van der Waals surface area contributed by atoms with Crippen LogP contribution in [0.2, 0.25) is 0 Å². The van der Waals surface area contributed by atoms with Crippen molar-refractivity contribution in [2.75, 3.05) is 20.1 Å². The highest BCUT2D eigenvalue weighted by Gasteiger charge is 2.01. The van der Waals surface area contributed by atoms with Crippen LogP contribution in [0.3, 0.4) is 0 Å². The quantitative estimate of drug-likeness (QED) is 0.508. The number of hydrogen-bond donors (Lipinski definition) is 3. The van der Waals surface area contributed by atoms with E-state index in [1.807, 2.05) is 6.92 Å². The SMILES string of the molecule is CCC(O)CCNC(=O)CNC. The molecule has 0 aliphatic carbocycles. The summed E-state index contributed by atoms with van der Waals surface area (Å²) in [4.78, 5) is 10.9. The number of carbonyl (C=O) groups excluding carboxylic acids is 1. The Bertz CT molecular complexity index is 128. The molecule has 1 unspecified atom stereocenters. The fourth-order valence-electron chi connectivity index (χ4n) is 0.805. The van der Waals surface area contributed by atoms with Crippen LogP contribution in [0.25, 0.3) is 0 Å². The molecule has 0 bridgehead atoms. The van der Waals surface area contributed by atoms with E-state index in [-0.39, 0.29) is 12.0 Å². The molecule has 0 aliphatic heterocycles. The van der Waals surface area contributed by atoms with E-state index in [1.165, 1.54) is 0 Å². The molecule has 0 aromatic heterocycles. The molecule has 3 N–H and O–H groups in total. The summed E-state index contributed by atoms with van der Waals surface area (Å²) in [6.45, 7) is 2.80. The largest absolute Gasteiger partial charge is 0.393 e. The van der Waals surface area contributed by atoms with Gasteiger partial charge in [0.05, 0.1) is 12.6 Å². The lowest BCUT2D eigenvalue weighted by molar-refractivity contribution is -0.120. The second-order valence-electron chi connectivity index (χ2n) is 2.73. The molecule has 1 amide bonds. The van der Waals surface area contributed by atoms with Crippen molar-refractivity contribution in [3.63, 3.8) is 0 Å². The Morgan fingerprint density at radius 1 is 1.58 bits per heavy atom. The lowest BCUT2D eigenvalue weighted by Gasteiger charge is -2.08. The molecular weight excluding hydrogens is 156 g/mol. The highest BCUT2D eigenvalue weighted by molar-refractivity contribution is 5.77. The highest BCUT2D eigenvalue weighted by Crippen LogP contribution is 1.93. The van der Waals surface area contributed by atoms with Crippen LogP contribution in [0.4, 0.5) is 0 Å². The van der Waals surface area contributed by atoms with Gasteiger partial charge in [-0.1, -0.05) is 6.92 Å². The van der Waals surface area contributed by atoms with E-state index in [2.05, 4.69) is 10.6 Å². The molecule has 0 aliphatic rings. The average Bonchev–Trinajstić information content (AvgIpc) is 2.04. The van der Waals surface area contributed by atoms with E-state index in [9.17, 15) is 4.79 Å². The van der Waals surface area contributed by atoms with Gasteiger partial charge in [0.1, 0.15) is 0 Å². The van der Waals surface area contributed by atoms with Crippen molar-refractivity contribution in [2.24, 2.45) is 0 Å². The molecule has 0 aromatic rings. The molecule has 0 saturated carbocycles. The van der Waals surface area contributed by atoms with E-state index in [0.29, 0.717) is 19.5 Å². The Morgan fingerprint density at radius 2 is 2.25 bits per heavy atom. The highest BCUT2D eigenvalue weighted by atomic mass is 16.3. The number of nitrogens with one attached hydrogen (secondary N) is 2. The molecule has 12 heavy (non-hydrogen) atoms. The van der Waals surface area contributed by atoms with E-state index in [4.69, 9.17) is 5.11 Å². The summed E-state index contributed by atoms with van der Waals surface area (Å²) in [5.41, 5.74) is 0. The van der Waals surface area contributed by atoms with Crippen LogP contribution in [0.15, 0.2) is 0 Å². The van der Waals surface area contributed by atoms with E-state index >= 15 is 0 Å². The van der Waals surface area contributed by atoms with E-state index in [1.54, 1.807) is 7.05 Å². The van der Waals surface area contributed by atoms with Crippen molar-refractivity contribution >= 4 is 5.91 Å². The van der Waals surface area contributed by atoms with Crippen molar-refractivity contribution in [2.45, 2.75) is 25.9 Å². The van der Waals surface area contributed by atoms with Crippen LogP contribution in [0.5, 0.6) is 0 Å².